The zero-order chi connectivity index (χ0) is 18.9. The van der Waals surface area contributed by atoms with Gasteiger partial charge < -0.3 is 9.80 Å². The average Bonchev–Trinajstić information content (AvgIpc) is 3.41. The van der Waals surface area contributed by atoms with E-state index in [1.807, 2.05) is 5.38 Å². The molecule has 2 fully saturated rings. The topological polar surface area (TPSA) is 69.9 Å². The van der Waals surface area contributed by atoms with Gasteiger partial charge in [0.25, 0.3) is 5.56 Å². The number of nitrogens with zero attached hydrogens (tertiary/aromatic N) is 7. The van der Waals surface area contributed by atoms with Gasteiger partial charge >= 0.3 is 0 Å². The molecule has 2 aliphatic heterocycles. The van der Waals surface area contributed by atoms with Crippen molar-refractivity contribution in [2.45, 2.75) is 19.4 Å². The monoisotopic (exact) mass is 397 g/mol. The molecule has 8 nitrogen and oxygen atoms in total. The number of aromatic nitrogens is 4. The van der Waals surface area contributed by atoms with Gasteiger partial charge in [0.2, 0.25) is 0 Å². The molecule has 9 heteroatoms. The molecule has 0 unspecified atom stereocenters. The maximum absolute atomic E-state index is 12.2. The number of anilines is 2. The summed E-state index contributed by atoms with van der Waals surface area (Å²) < 4.78 is 1.60. The second-order valence-electron chi connectivity index (χ2n) is 7.33. The quantitative estimate of drug-likeness (QED) is 0.660. The van der Waals surface area contributed by atoms with E-state index in [1.165, 1.54) is 24.2 Å². The molecule has 5 heterocycles. The Morgan fingerprint density at radius 2 is 1.64 bits per heavy atom. The molecule has 0 aromatic carbocycles. The van der Waals surface area contributed by atoms with Crippen LogP contribution in [-0.2, 0) is 6.54 Å². The van der Waals surface area contributed by atoms with Gasteiger partial charge in [0.05, 0.1) is 5.69 Å². The third-order valence-corrected chi connectivity index (χ3v) is 6.26. The first kappa shape index (κ1) is 17.6. The van der Waals surface area contributed by atoms with E-state index in [0.717, 1.165) is 61.6 Å². The highest BCUT2D eigenvalue weighted by Gasteiger charge is 2.21. The van der Waals surface area contributed by atoms with Crippen LogP contribution in [0.1, 0.15) is 18.5 Å². The fourth-order valence-corrected chi connectivity index (χ4v) is 4.70. The van der Waals surface area contributed by atoms with Crippen LogP contribution in [0.5, 0.6) is 0 Å². The molecular formula is C19H23N7OS. The molecule has 5 rings (SSSR count). The van der Waals surface area contributed by atoms with Gasteiger partial charge in [-0.1, -0.05) is 0 Å². The van der Waals surface area contributed by atoms with Crippen LogP contribution in [0.25, 0.3) is 4.96 Å². The van der Waals surface area contributed by atoms with Crippen LogP contribution in [-0.4, -0.2) is 63.5 Å². The summed E-state index contributed by atoms with van der Waals surface area (Å²) in [6.45, 7) is 6.56. The Hall–Kier alpha value is -2.52. The van der Waals surface area contributed by atoms with Crippen molar-refractivity contribution in [1.82, 2.24) is 24.3 Å². The first-order valence-electron chi connectivity index (χ1n) is 9.76. The number of hydrogen-bond acceptors (Lipinski definition) is 8. The van der Waals surface area contributed by atoms with Gasteiger partial charge in [-0.2, -0.15) is 0 Å². The lowest BCUT2D eigenvalue weighted by molar-refractivity contribution is 0.246. The molecule has 0 atom stereocenters. The molecule has 146 valence electrons. The Bertz CT molecular complexity index is 1020. The summed E-state index contributed by atoms with van der Waals surface area (Å²) in [6, 6.07) is 3.77. The van der Waals surface area contributed by atoms with Gasteiger partial charge in [0, 0.05) is 69.5 Å². The Morgan fingerprint density at radius 1 is 0.929 bits per heavy atom. The summed E-state index contributed by atoms with van der Waals surface area (Å²) in [5.41, 5.74) is 0.842. The van der Waals surface area contributed by atoms with Gasteiger partial charge in [-0.15, -0.1) is 11.3 Å². The van der Waals surface area contributed by atoms with Crippen LogP contribution < -0.4 is 15.4 Å². The molecule has 2 aliphatic rings. The van der Waals surface area contributed by atoms with E-state index in [4.69, 9.17) is 0 Å². The van der Waals surface area contributed by atoms with E-state index in [0.29, 0.717) is 6.54 Å². The number of fused-ring (bicyclic) bond motifs is 1. The predicted octanol–water partition coefficient (Wildman–Crippen LogP) is 1.47. The predicted molar refractivity (Wildman–Crippen MR) is 110 cm³/mol. The number of piperazine rings is 1. The summed E-state index contributed by atoms with van der Waals surface area (Å²) in [7, 11) is 0. The molecule has 3 aromatic heterocycles. The van der Waals surface area contributed by atoms with Gasteiger partial charge in [0.1, 0.15) is 18.0 Å². The molecule has 0 amide bonds. The van der Waals surface area contributed by atoms with Crippen molar-refractivity contribution in [2.24, 2.45) is 0 Å². The van der Waals surface area contributed by atoms with Crippen LogP contribution >= 0.6 is 11.3 Å². The van der Waals surface area contributed by atoms with Crippen LogP contribution in [0.2, 0.25) is 0 Å². The van der Waals surface area contributed by atoms with Gasteiger partial charge in [-0.25, -0.2) is 15.0 Å². The second kappa shape index (κ2) is 7.48. The van der Waals surface area contributed by atoms with Crippen molar-refractivity contribution in [3.05, 3.63) is 46.1 Å². The van der Waals surface area contributed by atoms with E-state index in [-0.39, 0.29) is 5.56 Å². The largest absolute Gasteiger partial charge is 0.356 e. The summed E-state index contributed by atoms with van der Waals surface area (Å²) in [4.78, 5) is 33.5. The first-order valence-corrected chi connectivity index (χ1v) is 10.6. The van der Waals surface area contributed by atoms with Crippen molar-refractivity contribution < 1.29 is 0 Å². The molecule has 2 saturated heterocycles. The minimum Gasteiger partial charge on any atom is -0.356 e. The average molecular weight is 398 g/mol. The lowest BCUT2D eigenvalue weighted by Crippen LogP contribution is -2.46. The van der Waals surface area contributed by atoms with E-state index in [9.17, 15) is 4.79 Å². The van der Waals surface area contributed by atoms with Gasteiger partial charge in [0.15, 0.2) is 4.96 Å². The van der Waals surface area contributed by atoms with Crippen molar-refractivity contribution in [2.75, 3.05) is 49.1 Å². The smallest absolute Gasteiger partial charge is 0.258 e. The van der Waals surface area contributed by atoms with Crippen molar-refractivity contribution in [1.29, 1.82) is 0 Å². The maximum Gasteiger partial charge on any atom is 0.258 e. The second-order valence-corrected chi connectivity index (χ2v) is 8.21. The summed E-state index contributed by atoms with van der Waals surface area (Å²) >= 11 is 1.49. The Kier molecular flexibility index (Phi) is 4.69. The third kappa shape index (κ3) is 3.47. The number of hydrogen-bond donors (Lipinski definition) is 0. The Morgan fingerprint density at radius 3 is 2.39 bits per heavy atom. The molecular weight excluding hydrogens is 374 g/mol. The minimum atomic E-state index is -0.00434. The van der Waals surface area contributed by atoms with Crippen molar-refractivity contribution in [3.8, 4) is 0 Å². The van der Waals surface area contributed by atoms with Crippen LogP contribution in [0, 0.1) is 0 Å². The SMILES string of the molecule is O=c1cc(CN2CCN(c3cc(N4CCCC4)ncn3)CC2)nc2sccn12. The highest BCUT2D eigenvalue weighted by molar-refractivity contribution is 7.15. The first-order chi connectivity index (χ1) is 13.8. The van der Waals surface area contributed by atoms with E-state index < -0.39 is 0 Å². The molecule has 28 heavy (non-hydrogen) atoms. The Labute approximate surface area is 167 Å². The standard InChI is InChI=1S/C19H23N7OS/c27-18-11-15(22-19-26(18)9-10-28-19)13-23-5-7-25(8-6-23)17-12-16(20-14-21-17)24-3-1-2-4-24/h9-12,14H,1-8,13H2. The van der Waals surface area contributed by atoms with Crippen LogP contribution in [0.4, 0.5) is 11.6 Å². The number of rotatable bonds is 4. The molecule has 0 N–H and O–H groups in total. The fourth-order valence-electron chi connectivity index (χ4n) is 3.96. The highest BCUT2D eigenvalue weighted by atomic mass is 32.1. The molecule has 0 radical (unpaired) electrons. The van der Waals surface area contributed by atoms with Crippen molar-refractivity contribution in [3.63, 3.8) is 0 Å². The zero-order valence-electron chi connectivity index (χ0n) is 15.7. The number of thiazole rings is 1. The fraction of sp³-hybridized carbons (Fsp3) is 0.474. The summed E-state index contributed by atoms with van der Waals surface area (Å²) in [5, 5.41) is 1.89. The summed E-state index contributed by atoms with van der Waals surface area (Å²) in [6.07, 6.45) is 5.94. The lowest BCUT2D eigenvalue weighted by Gasteiger charge is -2.35. The van der Waals surface area contributed by atoms with Gasteiger partial charge in [-0.05, 0) is 12.8 Å². The van der Waals surface area contributed by atoms with Crippen LogP contribution in [0.15, 0.2) is 34.8 Å². The molecule has 0 bridgehead atoms. The molecule has 3 aromatic rings. The van der Waals surface area contributed by atoms with Crippen molar-refractivity contribution >= 4 is 27.9 Å². The minimum absolute atomic E-state index is 0.00434. The lowest BCUT2D eigenvalue weighted by atomic mass is 10.2. The maximum atomic E-state index is 12.2. The molecule has 0 aliphatic carbocycles. The van der Waals surface area contributed by atoms with E-state index in [1.54, 1.807) is 23.0 Å². The van der Waals surface area contributed by atoms with Crippen LogP contribution in [0.3, 0.4) is 0 Å². The summed E-state index contributed by atoms with van der Waals surface area (Å²) in [5.74, 6) is 2.05. The Balaban J connectivity index is 1.23. The normalized spacial score (nSPS) is 18.3. The molecule has 0 saturated carbocycles. The van der Waals surface area contributed by atoms with E-state index >= 15 is 0 Å². The molecule has 0 spiro atoms. The highest BCUT2D eigenvalue weighted by Crippen LogP contribution is 2.22. The van der Waals surface area contributed by atoms with Gasteiger partial charge in [-0.3, -0.25) is 14.1 Å². The zero-order valence-corrected chi connectivity index (χ0v) is 16.5. The third-order valence-electron chi connectivity index (χ3n) is 5.51. The van der Waals surface area contributed by atoms with E-state index in [2.05, 4.69) is 35.7 Å².